The molecule has 0 bridgehead atoms. The number of nitriles is 1. The molecule has 0 spiro atoms. The summed E-state index contributed by atoms with van der Waals surface area (Å²) >= 11 is 1.32. The fraction of sp³-hybridized carbons (Fsp3) is 0.125. The summed E-state index contributed by atoms with van der Waals surface area (Å²) in [6.07, 6.45) is 1.45. The fourth-order valence-electron chi connectivity index (χ4n) is 3.80. The Morgan fingerprint density at radius 1 is 1.09 bits per heavy atom. The summed E-state index contributed by atoms with van der Waals surface area (Å²) in [4.78, 5) is 35.1. The van der Waals surface area contributed by atoms with Gasteiger partial charge in [-0.1, -0.05) is 41.6 Å². The number of thioether (sulfide) groups is 1. The maximum absolute atomic E-state index is 13.5. The van der Waals surface area contributed by atoms with Crippen molar-refractivity contribution in [2.75, 3.05) is 0 Å². The van der Waals surface area contributed by atoms with Crippen molar-refractivity contribution in [2.45, 2.75) is 24.8 Å². The van der Waals surface area contributed by atoms with Crippen LogP contribution in [-0.4, -0.2) is 24.1 Å². The molecular formula is C24H18N6O2S. The lowest BCUT2D eigenvalue weighted by Gasteiger charge is -2.15. The Bertz CT molecular complexity index is 1710. The number of aryl methyl sites for hydroxylation is 2. The third-order valence-electron chi connectivity index (χ3n) is 5.36. The lowest BCUT2D eigenvalue weighted by Crippen LogP contribution is -2.22. The van der Waals surface area contributed by atoms with Gasteiger partial charge in [-0.2, -0.15) is 5.26 Å². The summed E-state index contributed by atoms with van der Waals surface area (Å²) < 4.78 is 2.84. The van der Waals surface area contributed by atoms with E-state index in [1.54, 1.807) is 10.6 Å². The molecule has 33 heavy (non-hydrogen) atoms. The Balaban J connectivity index is 1.64. The Hall–Kier alpha value is -4.16. The van der Waals surface area contributed by atoms with Gasteiger partial charge in [0.05, 0.1) is 22.3 Å². The van der Waals surface area contributed by atoms with E-state index in [-0.39, 0.29) is 22.3 Å². The van der Waals surface area contributed by atoms with Crippen LogP contribution < -0.4 is 11.1 Å². The van der Waals surface area contributed by atoms with Crippen LogP contribution >= 0.6 is 11.8 Å². The lowest BCUT2D eigenvalue weighted by atomic mass is 10.1. The number of para-hydroxylation sites is 1. The van der Waals surface area contributed by atoms with Gasteiger partial charge in [0, 0.05) is 18.0 Å². The predicted octanol–water partition coefficient (Wildman–Crippen LogP) is 3.50. The molecule has 8 nitrogen and oxygen atoms in total. The van der Waals surface area contributed by atoms with Gasteiger partial charge in [-0.15, -0.1) is 0 Å². The highest BCUT2D eigenvalue weighted by Gasteiger charge is 2.16. The van der Waals surface area contributed by atoms with Gasteiger partial charge in [0.1, 0.15) is 11.6 Å². The molecule has 0 unspecified atom stereocenters. The van der Waals surface area contributed by atoms with Gasteiger partial charge < -0.3 is 0 Å². The number of nitrogens with zero attached hydrogens (tertiary/aromatic N) is 5. The highest BCUT2D eigenvalue weighted by atomic mass is 32.2. The lowest BCUT2D eigenvalue weighted by molar-refractivity contribution is 0.813. The van der Waals surface area contributed by atoms with Crippen LogP contribution in [-0.2, 0) is 5.75 Å². The van der Waals surface area contributed by atoms with Gasteiger partial charge >= 0.3 is 0 Å². The molecule has 0 saturated heterocycles. The molecule has 0 aliphatic carbocycles. The number of H-pyrrole nitrogens is 1. The molecule has 0 aliphatic rings. The summed E-state index contributed by atoms with van der Waals surface area (Å²) in [5.74, 6) is 0.303. The monoisotopic (exact) mass is 454 g/mol. The van der Waals surface area contributed by atoms with Gasteiger partial charge in [0.25, 0.3) is 11.1 Å². The van der Waals surface area contributed by atoms with E-state index in [1.165, 1.54) is 28.5 Å². The van der Waals surface area contributed by atoms with Crippen molar-refractivity contribution in [1.29, 1.82) is 5.26 Å². The zero-order valence-electron chi connectivity index (χ0n) is 17.9. The highest BCUT2D eigenvalue weighted by molar-refractivity contribution is 7.98. The van der Waals surface area contributed by atoms with Gasteiger partial charge in [-0.3, -0.25) is 19.3 Å². The van der Waals surface area contributed by atoms with Gasteiger partial charge in [0.15, 0.2) is 10.8 Å². The van der Waals surface area contributed by atoms with E-state index >= 15 is 0 Å². The van der Waals surface area contributed by atoms with Crippen molar-refractivity contribution in [3.05, 3.63) is 97.8 Å². The molecule has 3 heterocycles. The number of fused-ring (bicyclic) bond motifs is 2. The second-order valence-corrected chi connectivity index (χ2v) is 8.62. The van der Waals surface area contributed by atoms with Crippen LogP contribution in [0.1, 0.15) is 22.4 Å². The molecule has 2 aromatic carbocycles. The smallest absolute Gasteiger partial charge is 0.272 e. The number of hydrogen-bond donors (Lipinski definition) is 1. The van der Waals surface area contributed by atoms with E-state index < -0.39 is 0 Å². The third kappa shape index (κ3) is 3.60. The number of nitrogens with one attached hydrogen (secondary N) is 1. The quantitative estimate of drug-likeness (QED) is 0.329. The molecule has 3 aromatic heterocycles. The third-order valence-corrected chi connectivity index (χ3v) is 6.33. The second-order valence-electron chi connectivity index (χ2n) is 7.67. The molecule has 5 aromatic rings. The van der Waals surface area contributed by atoms with Crippen molar-refractivity contribution >= 4 is 28.3 Å². The maximum atomic E-state index is 13.5. The Labute approximate surface area is 192 Å². The zero-order valence-corrected chi connectivity index (χ0v) is 18.7. The molecule has 0 aliphatic heterocycles. The van der Waals surface area contributed by atoms with Gasteiger partial charge in [-0.25, -0.2) is 14.5 Å². The summed E-state index contributed by atoms with van der Waals surface area (Å²) in [5, 5.41) is 13.0. The van der Waals surface area contributed by atoms with Crippen LogP contribution in [0.25, 0.3) is 22.2 Å². The highest BCUT2D eigenvalue weighted by Crippen LogP contribution is 2.26. The van der Waals surface area contributed by atoms with E-state index in [0.717, 1.165) is 16.8 Å². The van der Waals surface area contributed by atoms with Crippen LogP contribution in [0.5, 0.6) is 0 Å². The molecule has 0 atom stereocenters. The van der Waals surface area contributed by atoms with E-state index in [0.29, 0.717) is 27.5 Å². The summed E-state index contributed by atoms with van der Waals surface area (Å²) in [5.41, 5.74) is 4.01. The summed E-state index contributed by atoms with van der Waals surface area (Å²) in [6.45, 7) is 3.97. The van der Waals surface area contributed by atoms with Crippen LogP contribution in [0.15, 0.2) is 69.5 Å². The first-order chi connectivity index (χ1) is 16.0. The van der Waals surface area contributed by atoms with E-state index in [1.807, 2.05) is 56.3 Å². The average molecular weight is 455 g/mol. The molecule has 0 radical (unpaired) electrons. The van der Waals surface area contributed by atoms with E-state index in [4.69, 9.17) is 4.98 Å². The first-order valence-electron chi connectivity index (χ1n) is 10.2. The first-order valence-corrected chi connectivity index (χ1v) is 11.2. The molecule has 0 fully saturated rings. The maximum Gasteiger partial charge on any atom is 0.272 e. The molecule has 1 N–H and O–H groups in total. The number of benzene rings is 2. The average Bonchev–Trinajstić information content (AvgIpc) is 3.22. The number of hydrogen-bond acceptors (Lipinski definition) is 6. The van der Waals surface area contributed by atoms with E-state index in [9.17, 15) is 14.9 Å². The molecule has 0 amide bonds. The Morgan fingerprint density at radius 2 is 1.91 bits per heavy atom. The van der Waals surface area contributed by atoms with Crippen molar-refractivity contribution in [2.24, 2.45) is 0 Å². The molecular weight excluding hydrogens is 436 g/mol. The van der Waals surface area contributed by atoms with Gasteiger partial charge in [-0.05, 0) is 37.6 Å². The van der Waals surface area contributed by atoms with Crippen molar-refractivity contribution in [1.82, 2.24) is 24.1 Å². The second kappa shape index (κ2) is 8.07. The Kier molecular flexibility index (Phi) is 5.07. The van der Waals surface area contributed by atoms with Crippen molar-refractivity contribution in [3.8, 4) is 11.8 Å². The van der Waals surface area contributed by atoms with Crippen molar-refractivity contribution < 1.29 is 0 Å². The SMILES string of the molecule is Cc1ccc(-n2c(SCc3cc(=O)n4[nH]cc(C#N)c4n3)nc3ccccc3c2=O)c(C)c1. The minimum Gasteiger partial charge on any atom is -0.295 e. The largest absolute Gasteiger partial charge is 0.295 e. The minimum atomic E-state index is -0.310. The van der Waals surface area contributed by atoms with Crippen LogP contribution in [0, 0.1) is 25.2 Å². The minimum absolute atomic E-state index is 0.157. The van der Waals surface area contributed by atoms with Crippen LogP contribution in [0.3, 0.4) is 0 Å². The van der Waals surface area contributed by atoms with Gasteiger partial charge in [0.2, 0.25) is 0 Å². The summed E-state index contributed by atoms with van der Waals surface area (Å²) in [7, 11) is 0. The Morgan fingerprint density at radius 3 is 2.70 bits per heavy atom. The normalized spacial score (nSPS) is 11.2. The molecule has 5 rings (SSSR count). The van der Waals surface area contributed by atoms with Crippen LogP contribution in [0.2, 0.25) is 0 Å². The van der Waals surface area contributed by atoms with Crippen molar-refractivity contribution in [3.63, 3.8) is 0 Å². The first kappa shape index (κ1) is 20.7. The standard InChI is InChI=1S/C24H18N6O2S/c1-14-7-8-20(15(2)9-14)29-23(32)18-5-3-4-6-19(18)28-24(29)33-13-17-10-21(31)30-22(27-17)16(11-25)12-26-30/h3-10,12,26H,13H2,1-2H3. The number of aromatic amines is 1. The number of rotatable bonds is 4. The van der Waals surface area contributed by atoms with E-state index in [2.05, 4.69) is 10.1 Å². The molecule has 9 heteroatoms. The topological polar surface area (TPSA) is 109 Å². The summed E-state index contributed by atoms with van der Waals surface area (Å²) in [6, 6.07) is 16.6. The van der Waals surface area contributed by atoms with Crippen LogP contribution in [0.4, 0.5) is 0 Å². The molecule has 162 valence electrons. The zero-order chi connectivity index (χ0) is 23.1. The number of aromatic nitrogens is 5. The predicted molar refractivity (Wildman–Crippen MR) is 127 cm³/mol. The fourth-order valence-corrected chi connectivity index (χ4v) is 4.70. The molecule has 0 saturated carbocycles.